The van der Waals surface area contributed by atoms with Gasteiger partial charge in [0.05, 0.1) is 29.8 Å². The fourth-order valence-electron chi connectivity index (χ4n) is 8.04. The van der Waals surface area contributed by atoms with Crippen LogP contribution in [0.25, 0.3) is 0 Å². The highest BCUT2D eigenvalue weighted by atomic mass is 35.5. The van der Waals surface area contributed by atoms with Crippen molar-refractivity contribution >= 4 is 40.9 Å². The lowest BCUT2D eigenvalue weighted by Crippen LogP contribution is -2.75. The SMILES string of the molecule is CC1=C2[C@@H](OC(=O)CCl)C(=O)[C@@]3(C)C([C@H](C)[C@](O)(C[C@@H]1O)C2(C)C)[C@]1(C)CO[C@@H]1C[C@@H]3OC(=O)CCl. The van der Waals surface area contributed by atoms with E-state index in [2.05, 4.69) is 0 Å². The molecule has 0 aromatic rings. The number of ether oxygens (including phenoxy) is 3. The number of Topliss-reactive ketones (excluding diaryl/α,β-unsaturated/α-hetero) is 1. The summed E-state index contributed by atoms with van der Waals surface area (Å²) in [5.41, 5.74) is -3.58. The summed E-state index contributed by atoms with van der Waals surface area (Å²) in [5.74, 6) is -3.85. The quantitative estimate of drug-likeness (QED) is 0.313. The summed E-state index contributed by atoms with van der Waals surface area (Å²) < 4.78 is 17.4. The zero-order valence-electron chi connectivity index (χ0n) is 21.6. The second-order valence-corrected chi connectivity index (χ2v) is 12.5. The van der Waals surface area contributed by atoms with Crippen molar-refractivity contribution in [1.82, 2.24) is 0 Å². The molecule has 202 valence electrons. The maximum atomic E-state index is 14.7. The number of rotatable bonds is 4. The summed E-state index contributed by atoms with van der Waals surface area (Å²) in [4.78, 5) is 39.6. The topological polar surface area (TPSA) is 119 Å². The maximum Gasteiger partial charge on any atom is 0.321 e. The van der Waals surface area contributed by atoms with E-state index >= 15 is 0 Å². The van der Waals surface area contributed by atoms with Crippen LogP contribution >= 0.6 is 23.2 Å². The molecule has 1 saturated heterocycles. The molecule has 2 saturated carbocycles. The van der Waals surface area contributed by atoms with Crippen LogP contribution in [0, 0.1) is 28.1 Å². The summed E-state index contributed by atoms with van der Waals surface area (Å²) in [5, 5.41) is 23.5. The lowest BCUT2D eigenvalue weighted by Gasteiger charge is -2.68. The zero-order chi connectivity index (χ0) is 27.0. The number of fused-ring (bicyclic) bond motifs is 5. The van der Waals surface area contributed by atoms with Crippen LogP contribution in [0.4, 0.5) is 0 Å². The standard InChI is InChI=1S/C26H36Cl2O8/c1-12-14(29)8-26(33)13(2)21-24(5)11-34-15(24)7-16(35-17(30)9-27)25(21,6)22(32)20(36-18(31)10-28)19(12)23(26,3)4/h13-16,20-21,29,33H,7-11H2,1-6H3/t13-,14-,15+,16-,20+,21?,24+,25+,26+/m0/s1. The van der Waals surface area contributed by atoms with E-state index in [1.807, 2.05) is 27.7 Å². The van der Waals surface area contributed by atoms with Crippen LogP contribution in [-0.2, 0) is 28.6 Å². The van der Waals surface area contributed by atoms with E-state index in [0.29, 0.717) is 17.8 Å². The molecule has 8 nitrogen and oxygen atoms in total. The van der Waals surface area contributed by atoms with Gasteiger partial charge in [0.1, 0.15) is 17.9 Å². The van der Waals surface area contributed by atoms with Crippen LogP contribution in [0.5, 0.6) is 0 Å². The first kappa shape index (κ1) is 27.8. The van der Waals surface area contributed by atoms with E-state index in [-0.39, 0.29) is 24.8 Å². The number of aliphatic hydroxyl groups is 2. The molecule has 0 aromatic heterocycles. The highest BCUT2D eigenvalue weighted by Gasteiger charge is 2.74. The summed E-state index contributed by atoms with van der Waals surface area (Å²) in [6, 6.07) is 0. The largest absolute Gasteiger partial charge is 0.460 e. The van der Waals surface area contributed by atoms with Gasteiger partial charge in [0, 0.05) is 23.7 Å². The first-order chi connectivity index (χ1) is 16.6. The van der Waals surface area contributed by atoms with E-state index < -0.39 is 75.6 Å². The third-order valence-corrected chi connectivity index (χ3v) is 10.4. The molecule has 1 unspecified atom stereocenters. The Morgan fingerprint density at radius 1 is 1.11 bits per heavy atom. The fourth-order valence-corrected chi connectivity index (χ4v) is 8.17. The molecule has 1 aliphatic heterocycles. The molecule has 3 fully saturated rings. The summed E-state index contributed by atoms with van der Waals surface area (Å²) in [7, 11) is 0. The highest BCUT2D eigenvalue weighted by molar-refractivity contribution is 6.26. The monoisotopic (exact) mass is 546 g/mol. The van der Waals surface area contributed by atoms with Crippen molar-refractivity contribution in [2.24, 2.45) is 28.1 Å². The van der Waals surface area contributed by atoms with E-state index in [4.69, 9.17) is 37.4 Å². The van der Waals surface area contributed by atoms with Gasteiger partial charge in [0.2, 0.25) is 0 Å². The average Bonchev–Trinajstić information content (AvgIpc) is 2.81. The first-order valence-corrected chi connectivity index (χ1v) is 13.5. The lowest BCUT2D eigenvalue weighted by atomic mass is 9.40. The minimum atomic E-state index is -1.49. The van der Waals surface area contributed by atoms with E-state index in [9.17, 15) is 24.6 Å². The van der Waals surface area contributed by atoms with Crippen molar-refractivity contribution in [2.45, 2.75) is 84.4 Å². The molecule has 0 amide bonds. The summed E-state index contributed by atoms with van der Waals surface area (Å²) in [6.45, 7) is 11.3. The Labute approximate surface area is 221 Å². The number of ketones is 1. The van der Waals surface area contributed by atoms with Crippen LogP contribution < -0.4 is 0 Å². The second kappa shape index (κ2) is 8.94. The van der Waals surface area contributed by atoms with Crippen molar-refractivity contribution < 1.29 is 38.8 Å². The number of halogens is 2. The van der Waals surface area contributed by atoms with Crippen LogP contribution in [0.2, 0.25) is 0 Å². The Bertz CT molecular complexity index is 1010. The van der Waals surface area contributed by atoms with Gasteiger partial charge in [-0.1, -0.05) is 27.7 Å². The molecule has 0 radical (unpaired) electrons. The van der Waals surface area contributed by atoms with Gasteiger partial charge in [-0.2, -0.15) is 0 Å². The number of hydrogen-bond acceptors (Lipinski definition) is 8. The van der Waals surface area contributed by atoms with Crippen molar-refractivity contribution in [3.05, 3.63) is 11.1 Å². The fraction of sp³-hybridized carbons (Fsp3) is 0.808. The molecule has 0 spiro atoms. The Morgan fingerprint density at radius 3 is 2.22 bits per heavy atom. The van der Waals surface area contributed by atoms with Gasteiger partial charge >= 0.3 is 11.9 Å². The van der Waals surface area contributed by atoms with Crippen molar-refractivity contribution in [3.63, 3.8) is 0 Å². The number of carbonyl (C=O) groups is 3. The Balaban J connectivity index is 2.02. The van der Waals surface area contributed by atoms with Crippen molar-refractivity contribution in [3.8, 4) is 0 Å². The maximum absolute atomic E-state index is 14.7. The predicted molar refractivity (Wildman–Crippen MR) is 131 cm³/mol. The van der Waals surface area contributed by atoms with Gasteiger partial charge in [-0.05, 0) is 36.8 Å². The molecule has 0 aromatic carbocycles. The minimum Gasteiger partial charge on any atom is -0.460 e. The van der Waals surface area contributed by atoms with E-state index in [1.54, 1.807) is 13.8 Å². The van der Waals surface area contributed by atoms with Crippen molar-refractivity contribution in [1.29, 1.82) is 0 Å². The average molecular weight is 547 g/mol. The van der Waals surface area contributed by atoms with E-state index in [0.717, 1.165) is 0 Å². The molecule has 3 aliphatic carbocycles. The molecule has 10 heteroatoms. The third-order valence-electron chi connectivity index (χ3n) is 10.00. The van der Waals surface area contributed by atoms with Crippen LogP contribution in [0.1, 0.15) is 54.4 Å². The normalized spacial score (nSPS) is 45.4. The number of aliphatic hydroxyl groups excluding tert-OH is 1. The molecular weight excluding hydrogens is 511 g/mol. The molecule has 1 heterocycles. The number of carbonyl (C=O) groups excluding carboxylic acids is 3. The Morgan fingerprint density at radius 2 is 1.69 bits per heavy atom. The van der Waals surface area contributed by atoms with Crippen LogP contribution in [0.15, 0.2) is 11.1 Å². The third kappa shape index (κ3) is 3.54. The number of alkyl halides is 2. The van der Waals surface area contributed by atoms with Gasteiger partial charge in [-0.15, -0.1) is 23.2 Å². The zero-order valence-corrected chi connectivity index (χ0v) is 23.1. The van der Waals surface area contributed by atoms with Gasteiger partial charge in [-0.25, -0.2) is 0 Å². The number of esters is 2. The molecular formula is C26H36Cl2O8. The van der Waals surface area contributed by atoms with E-state index in [1.165, 1.54) is 0 Å². The smallest absolute Gasteiger partial charge is 0.321 e. The summed E-state index contributed by atoms with van der Waals surface area (Å²) in [6.07, 6.45) is -3.38. The highest BCUT2D eigenvalue weighted by Crippen LogP contribution is 2.67. The second-order valence-electron chi connectivity index (χ2n) is 11.9. The summed E-state index contributed by atoms with van der Waals surface area (Å²) >= 11 is 11.5. The predicted octanol–water partition coefficient (Wildman–Crippen LogP) is 2.78. The minimum absolute atomic E-state index is 0.0428. The molecule has 4 aliphatic rings. The van der Waals surface area contributed by atoms with Crippen LogP contribution in [0.3, 0.4) is 0 Å². The van der Waals surface area contributed by atoms with Crippen LogP contribution in [-0.4, -0.2) is 76.3 Å². The van der Waals surface area contributed by atoms with Gasteiger partial charge in [0.25, 0.3) is 0 Å². The Kier molecular flexibility index (Phi) is 6.91. The van der Waals surface area contributed by atoms with Gasteiger partial charge in [-0.3, -0.25) is 14.4 Å². The van der Waals surface area contributed by atoms with Crippen molar-refractivity contribution in [2.75, 3.05) is 18.4 Å². The van der Waals surface area contributed by atoms with Gasteiger partial charge in [0.15, 0.2) is 11.9 Å². The van der Waals surface area contributed by atoms with Gasteiger partial charge < -0.3 is 24.4 Å². The molecule has 36 heavy (non-hydrogen) atoms. The first-order valence-electron chi connectivity index (χ1n) is 12.4. The molecule has 9 atom stereocenters. The lowest BCUT2D eigenvalue weighted by molar-refractivity contribution is -0.303. The molecule has 4 rings (SSSR count). The molecule has 2 N–H and O–H groups in total. The number of hydrogen-bond donors (Lipinski definition) is 2. The molecule has 2 bridgehead atoms. The Hall–Kier alpha value is -1.19.